The standard InChI is InChI=1S/C16H18N2O6S/c1-15(2)10(12(22)23)18-13(24)16(3,14(18)25-15)17-11(21)9-7(19)5-4-6-8(9)20/h4-6,10,14,19-20H,1-3H3,(H,17,21)(H,22,23)/t10-,14+,16-/m0/s1. The molecule has 2 heterocycles. The molecule has 0 bridgehead atoms. The number of fused-ring (bicyclic) bond motifs is 1. The van der Waals surface area contributed by atoms with Gasteiger partial charge in [0.25, 0.3) is 11.8 Å². The molecule has 2 saturated heterocycles. The van der Waals surface area contributed by atoms with E-state index in [1.54, 1.807) is 13.8 Å². The van der Waals surface area contributed by atoms with Crippen LogP contribution >= 0.6 is 11.8 Å². The monoisotopic (exact) mass is 366 g/mol. The molecule has 1 aromatic rings. The van der Waals surface area contributed by atoms with Crippen molar-refractivity contribution in [1.29, 1.82) is 0 Å². The first-order chi connectivity index (χ1) is 11.5. The molecule has 3 atom stereocenters. The largest absolute Gasteiger partial charge is 0.507 e. The number of phenols is 2. The number of thioether (sulfide) groups is 1. The molecule has 25 heavy (non-hydrogen) atoms. The van der Waals surface area contributed by atoms with Gasteiger partial charge in [-0.3, -0.25) is 9.59 Å². The zero-order valence-electron chi connectivity index (χ0n) is 13.8. The SMILES string of the molecule is CC1(C)S[C@H]2N(C(=O)[C@]2(C)NC(=O)c2c(O)cccc2O)[C@H]1C(=O)O. The fourth-order valence-electron chi connectivity index (χ4n) is 3.40. The highest BCUT2D eigenvalue weighted by Gasteiger charge is 2.70. The fraction of sp³-hybridized carbons (Fsp3) is 0.438. The van der Waals surface area contributed by atoms with Crippen molar-refractivity contribution in [3.8, 4) is 11.5 Å². The van der Waals surface area contributed by atoms with Crippen molar-refractivity contribution in [3.05, 3.63) is 23.8 Å². The van der Waals surface area contributed by atoms with Gasteiger partial charge in [-0.2, -0.15) is 0 Å². The molecule has 9 heteroatoms. The van der Waals surface area contributed by atoms with Crippen LogP contribution in [0.15, 0.2) is 18.2 Å². The normalized spacial score (nSPS) is 29.7. The average molecular weight is 366 g/mol. The molecule has 2 amide bonds. The minimum absolute atomic E-state index is 0.327. The lowest BCUT2D eigenvalue weighted by Gasteiger charge is -2.51. The third kappa shape index (κ3) is 2.33. The van der Waals surface area contributed by atoms with Crippen molar-refractivity contribution < 1.29 is 29.7 Å². The summed E-state index contributed by atoms with van der Waals surface area (Å²) in [6.45, 7) is 4.98. The zero-order chi connectivity index (χ0) is 18.7. The van der Waals surface area contributed by atoms with Crippen LogP contribution in [0.3, 0.4) is 0 Å². The Morgan fingerprint density at radius 1 is 1.20 bits per heavy atom. The van der Waals surface area contributed by atoms with Crippen LogP contribution in [0.25, 0.3) is 0 Å². The summed E-state index contributed by atoms with van der Waals surface area (Å²) in [5.74, 6) is -3.23. The van der Waals surface area contributed by atoms with Gasteiger partial charge < -0.3 is 25.5 Å². The number of amides is 2. The Morgan fingerprint density at radius 3 is 2.28 bits per heavy atom. The Kier molecular flexibility index (Phi) is 3.68. The number of benzene rings is 1. The fourth-order valence-corrected chi connectivity index (χ4v) is 5.04. The summed E-state index contributed by atoms with van der Waals surface area (Å²) in [5, 5.41) is 31.0. The second-order valence-electron chi connectivity index (χ2n) is 6.85. The van der Waals surface area contributed by atoms with E-state index in [-0.39, 0.29) is 5.56 Å². The second kappa shape index (κ2) is 5.29. The second-order valence-corrected chi connectivity index (χ2v) is 8.59. The number of carboxylic acids is 1. The van der Waals surface area contributed by atoms with Crippen molar-refractivity contribution in [2.75, 3.05) is 0 Å². The molecule has 0 unspecified atom stereocenters. The van der Waals surface area contributed by atoms with Crippen LogP contribution in [0.4, 0.5) is 0 Å². The maximum atomic E-state index is 12.6. The van der Waals surface area contributed by atoms with Gasteiger partial charge in [0.05, 0.1) is 0 Å². The number of carbonyl (C=O) groups excluding carboxylic acids is 2. The molecule has 0 spiro atoms. The molecule has 0 aliphatic carbocycles. The smallest absolute Gasteiger partial charge is 0.327 e. The maximum Gasteiger partial charge on any atom is 0.327 e. The number of hydrogen-bond acceptors (Lipinski definition) is 6. The van der Waals surface area contributed by atoms with E-state index in [0.29, 0.717) is 0 Å². The van der Waals surface area contributed by atoms with Gasteiger partial charge in [-0.05, 0) is 32.9 Å². The Balaban J connectivity index is 1.89. The minimum atomic E-state index is -1.32. The number of β-lactam (4-membered cyclic amide) rings is 1. The summed E-state index contributed by atoms with van der Waals surface area (Å²) < 4.78 is -0.717. The highest BCUT2D eigenvalue weighted by atomic mass is 32.2. The molecule has 4 N–H and O–H groups in total. The maximum absolute atomic E-state index is 12.6. The lowest BCUT2D eigenvalue weighted by Crippen LogP contribution is -2.78. The number of hydrogen-bond donors (Lipinski definition) is 4. The molecule has 2 aliphatic heterocycles. The van der Waals surface area contributed by atoms with E-state index in [4.69, 9.17) is 0 Å². The summed E-state index contributed by atoms with van der Waals surface area (Å²) in [7, 11) is 0. The molecule has 0 saturated carbocycles. The molecule has 0 radical (unpaired) electrons. The van der Waals surface area contributed by atoms with E-state index < -0.39 is 51.0 Å². The summed E-state index contributed by atoms with van der Waals surface area (Å²) in [4.78, 5) is 37.9. The number of aromatic hydroxyl groups is 2. The Bertz CT molecular complexity index is 775. The Morgan fingerprint density at radius 2 is 1.76 bits per heavy atom. The molecule has 1 aromatic carbocycles. The first-order valence-electron chi connectivity index (χ1n) is 7.57. The highest BCUT2D eigenvalue weighted by molar-refractivity contribution is 8.01. The van der Waals surface area contributed by atoms with Crippen LogP contribution in [0.2, 0.25) is 0 Å². The van der Waals surface area contributed by atoms with Crippen molar-refractivity contribution >= 4 is 29.5 Å². The molecule has 134 valence electrons. The van der Waals surface area contributed by atoms with Crippen LogP contribution in [0.1, 0.15) is 31.1 Å². The Labute approximate surface area is 147 Å². The van der Waals surface area contributed by atoms with E-state index in [1.165, 1.54) is 41.8 Å². The number of phenolic OH excluding ortho intramolecular Hbond substituents is 2. The Hall–Kier alpha value is -2.42. The van der Waals surface area contributed by atoms with Gasteiger partial charge in [-0.15, -0.1) is 11.8 Å². The van der Waals surface area contributed by atoms with E-state index in [0.717, 1.165) is 0 Å². The molecule has 2 aliphatic rings. The van der Waals surface area contributed by atoms with Gasteiger partial charge in [-0.1, -0.05) is 6.07 Å². The number of nitrogens with one attached hydrogen (secondary N) is 1. The number of nitrogens with zero attached hydrogens (tertiary/aromatic N) is 1. The number of carbonyl (C=O) groups is 3. The average Bonchev–Trinajstić information content (AvgIpc) is 2.76. The van der Waals surface area contributed by atoms with E-state index in [9.17, 15) is 29.7 Å². The van der Waals surface area contributed by atoms with Gasteiger partial charge in [-0.25, -0.2) is 4.79 Å². The molecular formula is C16H18N2O6S. The topological polar surface area (TPSA) is 127 Å². The summed E-state index contributed by atoms with van der Waals surface area (Å²) in [5.41, 5.74) is -1.65. The van der Waals surface area contributed by atoms with E-state index in [2.05, 4.69) is 5.32 Å². The predicted octanol–water partition coefficient (Wildman–Crippen LogP) is 0.733. The molecule has 2 fully saturated rings. The number of aliphatic carboxylic acids is 1. The van der Waals surface area contributed by atoms with Crippen LogP contribution < -0.4 is 5.32 Å². The van der Waals surface area contributed by atoms with Gasteiger partial charge in [0, 0.05) is 4.75 Å². The van der Waals surface area contributed by atoms with E-state index in [1.807, 2.05) is 0 Å². The van der Waals surface area contributed by atoms with Crippen molar-refractivity contribution in [3.63, 3.8) is 0 Å². The van der Waals surface area contributed by atoms with Gasteiger partial charge in [0.15, 0.2) is 0 Å². The van der Waals surface area contributed by atoms with Gasteiger partial charge in [0.1, 0.15) is 34.0 Å². The minimum Gasteiger partial charge on any atom is -0.507 e. The van der Waals surface area contributed by atoms with Gasteiger partial charge in [0.2, 0.25) is 0 Å². The third-order valence-corrected chi connectivity index (χ3v) is 6.38. The molecular weight excluding hydrogens is 348 g/mol. The quantitative estimate of drug-likeness (QED) is 0.581. The van der Waals surface area contributed by atoms with Crippen molar-refractivity contribution in [2.45, 2.75) is 42.5 Å². The molecule has 0 aromatic heterocycles. The van der Waals surface area contributed by atoms with Crippen LogP contribution in [0, 0.1) is 0 Å². The van der Waals surface area contributed by atoms with Crippen molar-refractivity contribution in [1.82, 2.24) is 10.2 Å². The van der Waals surface area contributed by atoms with Crippen LogP contribution in [-0.2, 0) is 9.59 Å². The molecule has 8 nitrogen and oxygen atoms in total. The summed E-state index contributed by atoms with van der Waals surface area (Å²) >= 11 is 1.29. The lowest BCUT2D eigenvalue weighted by atomic mass is 9.86. The van der Waals surface area contributed by atoms with Crippen molar-refractivity contribution in [2.24, 2.45) is 0 Å². The predicted molar refractivity (Wildman–Crippen MR) is 89.4 cm³/mol. The highest BCUT2D eigenvalue weighted by Crippen LogP contribution is 2.54. The van der Waals surface area contributed by atoms with Crippen LogP contribution in [0.5, 0.6) is 11.5 Å². The summed E-state index contributed by atoms with van der Waals surface area (Å²) in [6.07, 6.45) is 0. The van der Waals surface area contributed by atoms with Crippen LogP contribution in [-0.4, -0.2) is 59.7 Å². The van der Waals surface area contributed by atoms with Gasteiger partial charge >= 0.3 is 5.97 Å². The number of carboxylic acid groups (broad SMARTS) is 1. The lowest BCUT2D eigenvalue weighted by molar-refractivity contribution is -0.165. The first-order valence-corrected chi connectivity index (χ1v) is 8.45. The zero-order valence-corrected chi connectivity index (χ0v) is 14.6. The summed E-state index contributed by atoms with van der Waals surface area (Å²) in [6, 6.07) is 2.89. The first kappa shape index (κ1) is 17.4. The molecule has 3 rings (SSSR count). The number of rotatable bonds is 3. The van der Waals surface area contributed by atoms with E-state index >= 15 is 0 Å². The third-order valence-electron chi connectivity index (χ3n) is 4.63.